The molecule has 2 heteroatoms. The topological polar surface area (TPSA) is 38.4 Å². The van der Waals surface area contributed by atoms with Crippen LogP contribution in [0.1, 0.15) is 33.6 Å². The van der Waals surface area contributed by atoms with Crippen LogP contribution in [0.15, 0.2) is 4.99 Å². The second kappa shape index (κ2) is 4.36. The Morgan fingerprint density at radius 2 is 1.89 bits per heavy atom. The van der Waals surface area contributed by atoms with E-state index in [2.05, 4.69) is 18.8 Å². The van der Waals surface area contributed by atoms with E-state index in [1.54, 1.807) is 0 Å². The first kappa shape index (κ1) is 8.47. The minimum Gasteiger partial charge on any atom is -0.388 e. The molecule has 2 N–H and O–H groups in total. The van der Waals surface area contributed by atoms with Crippen molar-refractivity contribution in [2.75, 3.05) is 0 Å². The summed E-state index contributed by atoms with van der Waals surface area (Å²) in [5.41, 5.74) is 5.39. The average molecular weight is 128 g/mol. The van der Waals surface area contributed by atoms with Gasteiger partial charge in [0.1, 0.15) is 0 Å². The van der Waals surface area contributed by atoms with Crippen LogP contribution >= 0.6 is 0 Å². The van der Waals surface area contributed by atoms with Crippen molar-refractivity contribution in [3.05, 3.63) is 0 Å². The van der Waals surface area contributed by atoms with Crippen molar-refractivity contribution >= 4 is 5.84 Å². The van der Waals surface area contributed by atoms with Gasteiger partial charge in [0, 0.05) is 0 Å². The van der Waals surface area contributed by atoms with Gasteiger partial charge in [0.25, 0.3) is 0 Å². The zero-order valence-corrected chi connectivity index (χ0v) is 6.52. The van der Waals surface area contributed by atoms with Crippen molar-refractivity contribution in [3.8, 4) is 0 Å². The summed E-state index contributed by atoms with van der Waals surface area (Å²) in [5.74, 6) is 0.698. The van der Waals surface area contributed by atoms with Gasteiger partial charge in [-0.25, -0.2) is 0 Å². The molecule has 0 heterocycles. The number of nitrogens with two attached hydrogens (primary N) is 1. The zero-order valence-electron chi connectivity index (χ0n) is 6.52. The maximum absolute atomic E-state index is 5.39. The van der Waals surface area contributed by atoms with Crippen LogP contribution in [-0.4, -0.2) is 11.9 Å². The van der Waals surface area contributed by atoms with Crippen molar-refractivity contribution < 1.29 is 0 Å². The number of hydrogen-bond acceptors (Lipinski definition) is 1. The van der Waals surface area contributed by atoms with Crippen molar-refractivity contribution in [2.45, 2.75) is 39.7 Å². The van der Waals surface area contributed by atoms with Gasteiger partial charge in [-0.15, -0.1) is 0 Å². The molecule has 9 heavy (non-hydrogen) atoms. The van der Waals surface area contributed by atoms with Crippen LogP contribution in [0, 0.1) is 0 Å². The molecule has 0 bridgehead atoms. The van der Waals surface area contributed by atoms with Gasteiger partial charge in [-0.3, -0.25) is 4.99 Å². The molecule has 0 aliphatic carbocycles. The number of rotatable bonds is 3. The van der Waals surface area contributed by atoms with E-state index in [4.69, 9.17) is 5.73 Å². The average Bonchev–Trinajstić information content (AvgIpc) is 1.82. The van der Waals surface area contributed by atoms with Crippen LogP contribution in [0.3, 0.4) is 0 Å². The smallest absolute Gasteiger partial charge is 0.0909 e. The summed E-state index contributed by atoms with van der Waals surface area (Å²) in [7, 11) is 0. The van der Waals surface area contributed by atoms with Crippen LogP contribution < -0.4 is 5.73 Å². The van der Waals surface area contributed by atoms with Crippen LogP contribution in [0.5, 0.6) is 0 Å². The van der Waals surface area contributed by atoms with Gasteiger partial charge in [0.2, 0.25) is 0 Å². The van der Waals surface area contributed by atoms with Crippen LogP contribution in [0.25, 0.3) is 0 Å². The first-order valence-electron chi connectivity index (χ1n) is 3.50. The summed E-state index contributed by atoms with van der Waals surface area (Å²) in [4.78, 5) is 4.21. The highest BCUT2D eigenvalue weighted by Gasteiger charge is 1.97. The van der Waals surface area contributed by atoms with Crippen LogP contribution in [0.2, 0.25) is 0 Å². The van der Waals surface area contributed by atoms with E-state index in [-0.39, 0.29) is 0 Å². The maximum Gasteiger partial charge on any atom is 0.0909 e. The number of aliphatic imine (C=N–C) groups is 1. The quantitative estimate of drug-likeness (QED) is 0.454. The predicted molar refractivity (Wildman–Crippen MR) is 41.7 cm³/mol. The van der Waals surface area contributed by atoms with Crippen LogP contribution in [-0.2, 0) is 0 Å². The van der Waals surface area contributed by atoms with E-state index in [0.717, 1.165) is 12.8 Å². The van der Waals surface area contributed by atoms with E-state index >= 15 is 0 Å². The lowest BCUT2D eigenvalue weighted by Crippen LogP contribution is -2.11. The van der Waals surface area contributed by atoms with E-state index in [1.807, 2.05) is 6.92 Å². The van der Waals surface area contributed by atoms with Gasteiger partial charge in [0.15, 0.2) is 0 Å². The first-order valence-corrected chi connectivity index (χ1v) is 3.50. The molecule has 0 aromatic carbocycles. The highest BCUT2D eigenvalue weighted by Crippen LogP contribution is 2.00. The lowest BCUT2D eigenvalue weighted by molar-refractivity contribution is 0.631. The molecule has 0 aliphatic heterocycles. The number of hydrogen-bond donors (Lipinski definition) is 1. The summed E-state index contributed by atoms with van der Waals surface area (Å²) in [6, 6.07) is 0.440. The van der Waals surface area contributed by atoms with Gasteiger partial charge in [-0.2, -0.15) is 0 Å². The summed E-state index contributed by atoms with van der Waals surface area (Å²) >= 11 is 0. The van der Waals surface area contributed by atoms with Gasteiger partial charge < -0.3 is 5.73 Å². The molecule has 0 radical (unpaired) electrons. The molecule has 0 unspecified atom stereocenters. The summed E-state index contributed by atoms with van der Waals surface area (Å²) in [6.45, 7) is 6.08. The largest absolute Gasteiger partial charge is 0.388 e. The van der Waals surface area contributed by atoms with Crippen molar-refractivity contribution in [2.24, 2.45) is 10.7 Å². The normalized spacial score (nSPS) is 12.7. The molecule has 0 atom stereocenters. The SMILES string of the molecule is CCC(CC)N=C(C)N. The first-order chi connectivity index (χ1) is 4.20. The molecule has 0 aromatic heterocycles. The Bertz CT molecular complexity index is 89.1. The van der Waals surface area contributed by atoms with Crippen LogP contribution in [0.4, 0.5) is 0 Å². The summed E-state index contributed by atoms with van der Waals surface area (Å²) in [6.07, 6.45) is 2.18. The van der Waals surface area contributed by atoms with E-state index in [1.165, 1.54) is 0 Å². The molecular weight excluding hydrogens is 112 g/mol. The van der Waals surface area contributed by atoms with Gasteiger partial charge in [-0.05, 0) is 19.8 Å². The number of amidine groups is 1. The van der Waals surface area contributed by atoms with Gasteiger partial charge >= 0.3 is 0 Å². The maximum atomic E-state index is 5.39. The minimum absolute atomic E-state index is 0.440. The van der Waals surface area contributed by atoms with E-state index in [9.17, 15) is 0 Å². The molecule has 0 aromatic rings. The van der Waals surface area contributed by atoms with E-state index in [0.29, 0.717) is 11.9 Å². The van der Waals surface area contributed by atoms with Crippen molar-refractivity contribution in [1.29, 1.82) is 0 Å². The molecule has 0 saturated heterocycles. The Labute approximate surface area is 57.2 Å². The lowest BCUT2D eigenvalue weighted by Gasteiger charge is -2.04. The summed E-state index contributed by atoms with van der Waals surface area (Å²) < 4.78 is 0. The second-order valence-electron chi connectivity index (χ2n) is 2.24. The third-order valence-corrected chi connectivity index (χ3v) is 1.33. The highest BCUT2D eigenvalue weighted by atomic mass is 14.9. The Morgan fingerprint density at radius 3 is 2.00 bits per heavy atom. The fourth-order valence-electron chi connectivity index (χ4n) is 0.759. The second-order valence-corrected chi connectivity index (χ2v) is 2.24. The molecule has 0 fully saturated rings. The molecule has 0 spiro atoms. The molecule has 54 valence electrons. The molecule has 0 amide bonds. The molecule has 2 nitrogen and oxygen atoms in total. The monoisotopic (exact) mass is 128 g/mol. The molecule has 0 aliphatic rings. The minimum atomic E-state index is 0.440. The van der Waals surface area contributed by atoms with Gasteiger partial charge in [-0.1, -0.05) is 13.8 Å². The molecular formula is C7H16N2. The van der Waals surface area contributed by atoms with Crippen molar-refractivity contribution in [1.82, 2.24) is 0 Å². The van der Waals surface area contributed by atoms with E-state index < -0.39 is 0 Å². The third kappa shape index (κ3) is 4.01. The lowest BCUT2D eigenvalue weighted by atomic mass is 10.2. The summed E-state index contributed by atoms with van der Waals surface area (Å²) in [5, 5.41) is 0. The molecule has 0 saturated carbocycles. The number of nitrogens with zero attached hydrogens (tertiary/aromatic N) is 1. The Kier molecular flexibility index (Phi) is 4.10. The van der Waals surface area contributed by atoms with Crippen molar-refractivity contribution in [3.63, 3.8) is 0 Å². The fourth-order valence-corrected chi connectivity index (χ4v) is 0.759. The Morgan fingerprint density at radius 1 is 1.44 bits per heavy atom. The zero-order chi connectivity index (χ0) is 7.28. The highest BCUT2D eigenvalue weighted by molar-refractivity contribution is 5.77. The Hall–Kier alpha value is -0.530. The fraction of sp³-hybridized carbons (Fsp3) is 0.857. The third-order valence-electron chi connectivity index (χ3n) is 1.33. The van der Waals surface area contributed by atoms with Gasteiger partial charge in [0.05, 0.1) is 11.9 Å². The standard InChI is InChI=1S/C7H16N2/c1-4-7(5-2)9-6(3)8/h7H,4-5H2,1-3H3,(H2,8,9). The predicted octanol–water partition coefficient (Wildman–Crippen LogP) is 1.55. The Balaban J connectivity index is 3.68. The molecule has 0 rings (SSSR count).